The van der Waals surface area contributed by atoms with Crippen molar-refractivity contribution in [1.29, 1.82) is 0 Å². The van der Waals surface area contributed by atoms with Crippen LogP contribution in [0, 0.1) is 25.1 Å². The number of halogens is 3. The molecule has 2 atom stereocenters. The van der Waals surface area contributed by atoms with Crippen LogP contribution in [0.2, 0.25) is 5.02 Å². The van der Waals surface area contributed by atoms with Gasteiger partial charge in [0.2, 0.25) is 5.95 Å². The van der Waals surface area contributed by atoms with Crippen LogP contribution in [0.3, 0.4) is 0 Å². The lowest BCUT2D eigenvalue weighted by molar-refractivity contribution is -0.139. The van der Waals surface area contributed by atoms with Crippen molar-refractivity contribution in [3.63, 3.8) is 0 Å². The molecular formula is C52H53ClF2N16O9. The normalized spacial score (nSPS) is 12.1. The van der Waals surface area contributed by atoms with Gasteiger partial charge in [-0.15, -0.1) is 5.10 Å². The number of aromatic amines is 1. The number of anilines is 3. The summed E-state index contributed by atoms with van der Waals surface area (Å²) in [7, 11) is 0. The third-order valence-electron chi connectivity index (χ3n) is 11.9. The molecule has 2 aromatic carbocycles. The van der Waals surface area contributed by atoms with Gasteiger partial charge in [0.15, 0.2) is 22.7 Å². The van der Waals surface area contributed by atoms with E-state index >= 15 is 4.39 Å². The number of ether oxygens (including phenoxy) is 5. The number of aryl methyl sites for hydroxylation is 2. The Morgan fingerprint density at radius 1 is 0.863 bits per heavy atom. The SMILES string of the molecule is [C-]#[N+]c1ccc(F)c([C@@H](C)Nc2c(Cl)c(C)nc3cc(F)c(-c4cnc(OCCOCCOCCOCCOCCn5cc(CC[C@H](NC(=O)c6ccc(NCc7cnc8nc(N)[nH]c(=O)c8n7)cc6)C(=O)O)nn5)nc4)nc23)c1. The van der Waals surface area contributed by atoms with E-state index in [2.05, 4.69) is 71.0 Å². The maximum absolute atomic E-state index is 15.4. The number of carbonyl (C=O) groups is 2. The van der Waals surface area contributed by atoms with Crippen molar-refractivity contribution in [1.82, 2.24) is 60.2 Å². The van der Waals surface area contributed by atoms with E-state index in [9.17, 15) is 23.9 Å². The van der Waals surface area contributed by atoms with Gasteiger partial charge < -0.3 is 50.5 Å². The lowest BCUT2D eigenvalue weighted by Crippen LogP contribution is -2.41. The molecule has 0 aliphatic rings. The second-order valence-electron chi connectivity index (χ2n) is 17.6. The van der Waals surface area contributed by atoms with Crippen molar-refractivity contribution in [3.8, 4) is 17.3 Å². The molecule has 0 aliphatic carbocycles. The number of carboxylic acid groups (broad SMARTS) is 1. The summed E-state index contributed by atoms with van der Waals surface area (Å²) in [4.78, 5) is 72.6. The first-order valence-electron chi connectivity index (χ1n) is 24.9. The minimum Gasteiger partial charge on any atom is -0.480 e. The van der Waals surface area contributed by atoms with Gasteiger partial charge in [-0.05, 0) is 68.7 Å². The Morgan fingerprint density at radius 2 is 1.56 bits per heavy atom. The minimum absolute atomic E-state index is 0.0450. The van der Waals surface area contributed by atoms with Crippen molar-refractivity contribution in [2.45, 2.75) is 51.9 Å². The lowest BCUT2D eigenvalue weighted by Gasteiger charge is -2.20. The van der Waals surface area contributed by atoms with Crippen molar-refractivity contribution in [3.05, 3.63) is 140 Å². The average Bonchev–Trinajstić information content (AvgIpc) is 4.00. The number of amides is 1. The largest absolute Gasteiger partial charge is 0.480 e. The fraction of sp³-hybridized carbons (Fsp3) is 0.327. The zero-order valence-corrected chi connectivity index (χ0v) is 43.9. The van der Waals surface area contributed by atoms with Crippen LogP contribution in [0.1, 0.15) is 52.4 Å². The number of nitrogens with two attached hydrogens (primary N) is 1. The minimum atomic E-state index is -1.19. The van der Waals surface area contributed by atoms with Crippen molar-refractivity contribution in [2.75, 3.05) is 75.8 Å². The second kappa shape index (κ2) is 27.6. The molecule has 25 nitrogen and oxygen atoms in total. The van der Waals surface area contributed by atoms with Crippen LogP contribution in [-0.4, -0.2) is 137 Å². The Balaban J connectivity index is 0.652. The Hall–Kier alpha value is -8.94. The van der Waals surface area contributed by atoms with Crippen molar-refractivity contribution < 1.29 is 47.2 Å². The van der Waals surface area contributed by atoms with E-state index in [0.29, 0.717) is 81.2 Å². The number of carboxylic acids is 1. The first kappa shape index (κ1) is 57.2. The molecule has 1 amide bonds. The molecule has 0 spiro atoms. The molecule has 0 fully saturated rings. The fourth-order valence-electron chi connectivity index (χ4n) is 7.79. The number of benzene rings is 2. The summed E-state index contributed by atoms with van der Waals surface area (Å²) in [6, 6.07) is 9.95. The highest BCUT2D eigenvalue weighted by atomic mass is 35.5. The van der Waals surface area contributed by atoms with Crippen LogP contribution in [0.15, 0.2) is 78.1 Å². The zero-order valence-electron chi connectivity index (χ0n) is 43.1. The van der Waals surface area contributed by atoms with E-state index in [4.69, 9.17) is 47.6 Å². The third kappa shape index (κ3) is 15.4. The standard InChI is InChI=1S/C52H53ClF2N16O9/c1-29(37-22-34(57-3)8-10-38(37)54)63-45-42(53)30(2)62-41-23-39(55)43(66-44(41)45)32-24-60-52(61-25-32)80-21-20-79-19-18-78-17-16-77-15-14-76-13-12-71-28-35(69-70-71)9-11-40(50(74)75)65-48(72)31-4-6-33(7-5-31)58-26-36-27-59-47-46(64-36)49(73)68-51(56)67-47/h4-8,10,22-25,27-29,40,58H,9,11-21,26H2,1-2H3,(H,62,63)(H,65,72)(H,74,75)(H3,56,59,67,68,73)/t29-,40+/m1/s1. The van der Waals surface area contributed by atoms with Gasteiger partial charge in [0.25, 0.3) is 11.5 Å². The highest BCUT2D eigenvalue weighted by Crippen LogP contribution is 2.37. The second-order valence-corrected chi connectivity index (χ2v) is 18.0. The van der Waals surface area contributed by atoms with Gasteiger partial charge >= 0.3 is 12.0 Å². The highest BCUT2D eigenvalue weighted by Gasteiger charge is 2.23. The predicted molar refractivity (Wildman–Crippen MR) is 287 cm³/mol. The number of nitrogen functional groups attached to an aromatic ring is 1. The maximum atomic E-state index is 15.4. The number of nitrogens with zero attached hydrogens (tertiary/aromatic N) is 11. The van der Waals surface area contributed by atoms with Crippen LogP contribution in [-0.2, 0) is 43.3 Å². The number of pyridine rings is 2. The van der Waals surface area contributed by atoms with Gasteiger partial charge in [0.1, 0.15) is 29.7 Å². The lowest BCUT2D eigenvalue weighted by atomic mass is 10.1. The highest BCUT2D eigenvalue weighted by molar-refractivity contribution is 6.35. The quantitative estimate of drug-likeness (QED) is 0.0237. The van der Waals surface area contributed by atoms with E-state index in [0.717, 1.165) is 0 Å². The molecule has 6 aromatic heterocycles. The first-order chi connectivity index (χ1) is 38.7. The van der Waals surface area contributed by atoms with Crippen molar-refractivity contribution in [2.24, 2.45) is 0 Å². The number of hydrogen-bond acceptors (Lipinski definition) is 20. The summed E-state index contributed by atoms with van der Waals surface area (Å²) < 4.78 is 59.7. The van der Waals surface area contributed by atoms with Crippen LogP contribution >= 0.6 is 11.6 Å². The molecule has 416 valence electrons. The van der Waals surface area contributed by atoms with E-state index < -0.39 is 41.2 Å². The monoisotopic (exact) mass is 1120 g/mol. The molecule has 8 rings (SSSR count). The Morgan fingerprint density at radius 3 is 2.26 bits per heavy atom. The molecule has 0 saturated heterocycles. The smallest absolute Gasteiger partial charge is 0.326 e. The number of nitrogens with one attached hydrogen (secondary N) is 4. The maximum Gasteiger partial charge on any atom is 0.326 e. The molecule has 0 bridgehead atoms. The molecule has 0 radical (unpaired) electrons. The number of aromatic nitrogens is 11. The summed E-state index contributed by atoms with van der Waals surface area (Å²) >= 11 is 6.66. The van der Waals surface area contributed by atoms with Crippen LogP contribution < -0.4 is 32.0 Å². The number of aliphatic carboxylic acids is 1. The summed E-state index contributed by atoms with van der Waals surface area (Å²) in [5, 5.41) is 27.1. The molecule has 0 unspecified atom stereocenters. The van der Waals surface area contributed by atoms with Crippen molar-refractivity contribution >= 4 is 68.7 Å². The summed E-state index contributed by atoms with van der Waals surface area (Å²) in [5.41, 5.74) is 9.09. The molecule has 6 heterocycles. The number of H-pyrrole nitrogens is 1. The topological polar surface area (TPSA) is 321 Å². The predicted octanol–water partition coefficient (Wildman–Crippen LogP) is 5.82. The Bertz CT molecular complexity index is 3550. The summed E-state index contributed by atoms with van der Waals surface area (Å²) in [6.07, 6.45) is 6.24. The van der Waals surface area contributed by atoms with E-state index in [1.54, 1.807) is 49.0 Å². The first-order valence-corrected chi connectivity index (χ1v) is 25.2. The molecule has 8 aromatic rings. The summed E-state index contributed by atoms with van der Waals surface area (Å²) in [6.45, 7) is 14.0. The van der Waals surface area contributed by atoms with Gasteiger partial charge in [-0.1, -0.05) is 22.9 Å². The number of hydrogen-bond donors (Lipinski definition) is 6. The van der Waals surface area contributed by atoms with Crippen LogP contribution in [0.25, 0.3) is 38.3 Å². The molecule has 7 N–H and O–H groups in total. The number of fused-ring (bicyclic) bond motifs is 2. The third-order valence-corrected chi connectivity index (χ3v) is 12.3. The van der Waals surface area contributed by atoms with E-state index in [1.807, 2.05) is 0 Å². The van der Waals surface area contributed by atoms with Gasteiger partial charge in [0.05, 0.1) is 118 Å². The molecular weight excluding hydrogens is 1070 g/mol. The zero-order chi connectivity index (χ0) is 56.5. The Kier molecular flexibility index (Phi) is 19.7. The number of rotatable bonds is 29. The van der Waals surface area contributed by atoms with Gasteiger partial charge in [-0.2, -0.15) is 4.98 Å². The summed E-state index contributed by atoms with van der Waals surface area (Å²) in [5.74, 6) is -2.98. The van der Waals surface area contributed by atoms with Crippen LogP contribution in [0.4, 0.5) is 31.8 Å². The van der Waals surface area contributed by atoms with Gasteiger partial charge in [-0.25, -0.2) is 53.0 Å². The molecule has 0 saturated carbocycles. The van der Waals surface area contributed by atoms with Gasteiger partial charge in [-0.3, -0.25) is 14.6 Å². The van der Waals surface area contributed by atoms with E-state index in [1.165, 1.54) is 42.9 Å². The number of carbonyl (C=O) groups excluding carboxylic acids is 1. The molecule has 28 heteroatoms. The van der Waals surface area contributed by atoms with E-state index in [-0.39, 0.29) is 99.9 Å². The molecule has 0 aliphatic heterocycles. The fourth-order valence-corrected chi connectivity index (χ4v) is 7.98. The Labute approximate surface area is 459 Å². The average molecular weight is 1120 g/mol. The van der Waals surface area contributed by atoms with Gasteiger partial charge in [0, 0.05) is 41.5 Å². The molecule has 80 heavy (non-hydrogen) atoms. The van der Waals surface area contributed by atoms with Crippen LogP contribution in [0.5, 0.6) is 6.01 Å².